The second kappa shape index (κ2) is 6.19. The Morgan fingerprint density at radius 3 is 2.62 bits per heavy atom. The van der Waals surface area contributed by atoms with E-state index in [0.29, 0.717) is 19.1 Å². The van der Waals surface area contributed by atoms with Crippen LogP contribution in [0.2, 0.25) is 0 Å². The quantitative estimate of drug-likeness (QED) is 0.935. The van der Waals surface area contributed by atoms with E-state index < -0.39 is 0 Å². The van der Waals surface area contributed by atoms with E-state index in [-0.39, 0.29) is 0 Å². The molecule has 3 heteroatoms. The summed E-state index contributed by atoms with van der Waals surface area (Å²) in [6.07, 6.45) is 0. The van der Waals surface area contributed by atoms with E-state index in [2.05, 4.69) is 48.6 Å². The zero-order chi connectivity index (χ0) is 14.7. The highest BCUT2D eigenvalue weighted by molar-refractivity contribution is 5.70. The molecule has 0 radical (unpaired) electrons. The van der Waals surface area contributed by atoms with Gasteiger partial charge in [0, 0.05) is 12.5 Å². The van der Waals surface area contributed by atoms with Gasteiger partial charge in [0.15, 0.2) is 11.5 Å². The van der Waals surface area contributed by atoms with Crippen LogP contribution in [0.15, 0.2) is 42.5 Å². The van der Waals surface area contributed by atoms with Gasteiger partial charge in [0.25, 0.3) is 0 Å². The Hall–Kier alpha value is -2.00. The fraction of sp³-hybridized carbons (Fsp3) is 0.333. The van der Waals surface area contributed by atoms with Gasteiger partial charge in [-0.05, 0) is 35.9 Å². The first kappa shape index (κ1) is 14.0. The molecule has 1 heterocycles. The lowest BCUT2D eigenvalue weighted by Crippen LogP contribution is -2.12. The maximum atomic E-state index is 5.88. The normalized spacial score (nSPS) is 17.3. The topological polar surface area (TPSA) is 30.5 Å². The molecule has 1 unspecified atom stereocenters. The number of hydrogen-bond donors (Lipinski definition) is 1. The molecule has 0 aliphatic carbocycles. The fourth-order valence-corrected chi connectivity index (χ4v) is 2.57. The first-order chi connectivity index (χ1) is 10.3. The van der Waals surface area contributed by atoms with Crippen molar-refractivity contribution >= 4 is 0 Å². The van der Waals surface area contributed by atoms with Crippen molar-refractivity contribution in [2.24, 2.45) is 5.92 Å². The van der Waals surface area contributed by atoms with Crippen molar-refractivity contribution in [2.45, 2.75) is 13.5 Å². The van der Waals surface area contributed by atoms with Crippen LogP contribution in [0.25, 0.3) is 11.1 Å². The Labute approximate surface area is 125 Å². The standard InChI is InChI=1S/C18H21NO2/c1-13-11-20-17-8-7-14(9-18(17)21-12-13)16-6-4-3-5-15(16)10-19-2/h3-9,13,19H,10-12H2,1-2H3. The third kappa shape index (κ3) is 3.03. The molecule has 1 aliphatic rings. The van der Waals surface area contributed by atoms with Gasteiger partial charge >= 0.3 is 0 Å². The number of benzene rings is 2. The van der Waals surface area contributed by atoms with Gasteiger partial charge in [0.05, 0.1) is 13.2 Å². The lowest BCUT2D eigenvalue weighted by molar-refractivity contribution is 0.228. The van der Waals surface area contributed by atoms with Crippen molar-refractivity contribution in [2.75, 3.05) is 20.3 Å². The first-order valence-electron chi connectivity index (χ1n) is 7.40. The van der Waals surface area contributed by atoms with Gasteiger partial charge in [0.1, 0.15) is 0 Å². The molecule has 0 amide bonds. The Balaban J connectivity index is 1.97. The Morgan fingerprint density at radius 2 is 1.81 bits per heavy atom. The summed E-state index contributed by atoms with van der Waals surface area (Å²) in [6.45, 7) is 4.40. The largest absolute Gasteiger partial charge is 0.489 e. The minimum absolute atomic E-state index is 0.414. The maximum absolute atomic E-state index is 5.88. The predicted octanol–water partition coefficient (Wildman–Crippen LogP) is 3.48. The lowest BCUT2D eigenvalue weighted by atomic mass is 9.99. The number of rotatable bonds is 3. The second-order valence-corrected chi connectivity index (χ2v) is 5.58. The van der Waals surface area contributed by atoms with Crippen LogP contribution in [-0.2, 0) is 6.54 Å². The van der Waals surface area contributed by atoms with Crippen LogP contribution in [0, 0.1) is 5.92 Å². The van der Waals surface area contributed by atoms with E-state index in [1.54, 1.807) is 0 Å². The molecule has 0 bridgehead atoms. The number of ether oxygens (including phenoxy) is 2. The van der Waals surface area contributed by atoms with Gasteiger partial charge in [-0.2, -0.15) is 0 Å². The molecule has 2 aromatic carbocycles. The van der Waals surface area contributed by atoms with Crippen molar-refractivity contribution in [3.05, 3.63) is 48.0 Å². The van der Waals surface area contributed by atoms with Gasteiger partial charge in [-0.3, -0.25) is 0 Å². The average Bonchev–Trinajstić information content (AvgIpc) is 2.70. The zero-order valence-electron chi connectivity index (χ0n) is 12.6. The van der Waals surface area contributed by atoms with Gasteiger partial charge in [-0.25, -0.2) is 0 Å². The molecule has 2 aromatic rings. The highest BCUT2D eigenvalue weighted by Crippen LogP contribution is 2.35. The molecule has 1 N–H and O–H groups in total. The van der Waals surface area contributed by atoms with Crippen LogP contribution in [0.4, 0.5) is 0 Å². The summed E-state index contributed by atoms with van der Waals surface area (Å²) in [5, 5.41) is 3.22. The van der Waals surface area contributed by atoms with Crippen LogP contribution in [0.1, 0.15) is 12.5 Å². The Morgan fingerprint density at radius 1 is 1.05 bits per heavy atom. The lowest BCUT2D eigenvalue weighted by Gasteiger charge is -2.12. The molecule has 0 aromatic heterocycles. The summed E-state index contributed by atoms with van der Waals surface area (Å²) < 4.78 is 11.7. The SMILES string of the molecule is CNCc1ccccc1-c1ccc2c(c1)OCC(C)CO2. The molecular weight excluding hydrogens is 262 g/mol. The predicted molar refractivity (Wildman–Crippen MR) is 84.8 cm³/mol. The molecule has 0 saturated carbocycles. The smallest absolute Gasteiger partial charge is 0.161 e. The van der Waals surface area contributed by atoms with E-state index in [4.69, 9.17) is 9.47 Å². The summed E-state index contributed by atoms with van der Waals surface area (Å²) >= 11 is 0. The van der Waals surface area contributed by atoms with E-state index >= 15 is 0 Å². The molecule has 1 aliphatic heterocycles. The average molecular weight is 283 g/mol. The summed E-state index contributed by atoms with van der Waals surface area (Å²) in [4.78, 5) is 0. The zero-order valence-corrected chi connectivity index (χ0v) is 12.6. The van der Waals surface area contributed by atoms with Crippen molar-refractivity contribution < 1.29 is 9.47 Å². The Kier molecular flexibility index (Phi) is 4.11. The second-order valence-electron chi connectivity index (χ2n) is 5.58. The summed E-state index contributed by atoms with van der Waals surface area (Å²) in [5.74, 6) is 2.10. The number of nitrogens with one attached hydrogen (secondary N) is 1. The van der Waals surface area contributed by atoms with Crippen LogP contribution in [0.5, 0.6) is 11.5 Å². The summed E-state index contributed by atoms with van der Waals surface area (Å²) in [5.41, 5.74) is 3.68. The fourth-order valence-electron chi connectivity index (χ4n) is 2.57. The van der Waals surface area contributed by atoms with Crippen LogP contribution in [0.3, 0.4) is 0 Å². The van der Waals surface area contributed by atoms with Crippen LogP contribution in [-0.4, -0.2) is 20.3 Å². The van der Waals surface area contributed by atoms with Crippen molar-refractivity contribution in [1.29, 1.82) is 0 Å². The van der Waals surface area contributed by atoms with Crippen LogP contribution < -0.4 is 14.8 Å². The third-order valence-corrected chi connectivity index (χ3v) is 3.69. The molecule has 0 fully saturated rings. The van der Waals surface area contributed by atoms with Gasteiger partial charge in [0.2, 0.25) is 0 Å². The first-order valence-corrected chi connectivity index (χ1v) is 7.40. The minimum Gasteiger partial charge on any atom is -0.489 e. The van der Waals surface area contributed by atoms with Crippen molar-refractivity contribution in [3.63, 3.8) is 0 Å². The molecule has 0 saturated heterocycles. The molecule has 0 spiro atoms. The van der Waals surface area contributed by atoms with Gasteiger partial charge in [-0.15, -0.1) is 0 Å². The Bertz CT molecular complexity index is 624. The molecular formula is C18H21NO2. The highest BCUT2D eigenvalue weighted by Gasteiger charge is 2.16. The van der Waals surface area contributed by atoms with E-state index in [1.807, 2.05) is 13.1 Å². The van der Waals surface area contributed by atoms with Crippen LogP contribution >= 0.6 is 0 Å². The summed E-state index contributed by atoms with van der Waals surface area (Å²) in [6, 6.07) is 14.6. The van der Waals surface area contributed by atoms with E-state index in [0.717, 1.165) is 23.6 Å². The van der Waals surface area contributed by atoms with Gasteiger partial charge in [-0.1, -0.05) is 37.3 Å². The maximum Gasteiger partial charge on any atom is 0.161 e. The number of hydrogen-bond acceptors (Lipinski definition) is 3. The monoisotopic (exact) mass is 283 g/mol. The molecule has 1 atom stereocenters. The number of fused-ring (bicyclic) bond motifs is 1. The molecule has 3 rings (SSSR count). The highest BCUT2D eigenvalue weighted by atomic mass is 16.5. The summed E-state index contributed by atoms with van der Waals surface area (Å²) in [7, 11) is 1.96. The van der Waals surface area contributed by atoms with Crippen molar-refractivity contribution in [3.8, 4) is 22.6 Å². The molecule has 21 heavy (non-hydrogen) atoms. The van der Waals surface area contributed by atoms with E-state index in [1.165, 1.54) is 11.1 Å². The molecule has 3 nitrogen and oxygen atoms in total. The third-order valence-electron chi connectivity index (χ3n) is 3.69. The molecule has 110 valence electrons. The van der Waals surface area contributed by atoms with Gasteiger partial charge < -0.3 is 14.8 Å². The minimum atomic E-state index is 0.414. The van der Waals surface area contributed by atoms with E-state index in [9.17, 15) is 0 Å². The van der Waals surface area contributed by atoms with Crippen molar-refractivity contribution in [1.82, 2.24) is 5.32 Å².